The van der Waals surface area contributed by atoms with Crippen LogP contribution in [0.1, 0.15) is 16.7 Å². The molecule has 24 heavy (non-hydrogen) atoms. The van der Waals surface area contributed by atoms with Crippen LogP contribution in [0.4, 0.5) is 0 Å². The molecule has 0 fully saturated rings. The first-order chi connectivity index (χ1) is 11.0. The van der Waals surface area contributed by atoms with Crippen molar-refractivity contribution in [2.45, 2.75) is 24.5 Å². The number of rotatable bonds is 5. The molecule has 0 bridgehead atoms. The third-order valence-electron chi connectivity index (χ3n) is 3.80. The van der Waals surface area contributed by atoms with Crippen LogP contribution < -0.4 is 14.8 Å². The molecule has 130 valence electrons. The van der Waals surface area contributed by atoms with Gasteiger partial charge in [0.1, 0.15) is 10.6 Å². The van der Waals surface area contributed by atoms with Crippen LogP contribution in [0.5, 0.6) is 5.75 Å². The Labute approximate surface area is 152 Å². The van der Waals surface area contributed by atoms with Crippen LogP contribution in [0.3, 0.4) is 0 Å². The minimum atomic E-state index is -3.71. The summed E-state index contributed by atoms with van der Waals surface area (Å²) >= 11 is 6.01. The number of sulfonamides is 1. The molecule has 0 amide bonds. The number of halogens is 2. The first-order valence-electron chi connectivity index (χ1n) is 7.14. The van der Waals surface area contributed by atoms with Crippen molar-refractivity contribution >= 4 is 34.0 Å². The molecule has 1 aliphatic rings. The van der Waals surface area contributed by atoms with Crippen LogP contribution >= 0.6 is 24.0 Å². The van der Waals surface area contributed by atoms with Gasteiger partial charge >= 0.3 is 0 Å². The predicted molar refractivity (Wildman–Crippen MR) is 96.3 cm³/mol. The average Bonchev–Trinajstić information content (AvgIpc) is 3.01. The highest BCUT2D eigenvalue weighted by atomic mass is 35.5. The Morgan fingerprint density at radius 2 is 1.92 bits per heavy atom. The molecule has 0 aromatic heterocycles. The van der Waals surface area contributed by atoms with Crippen molar-refractivity contribution in [3.8, 4) is 5.75 Å². The fourth-order valence-corrected chi connectivity index (χ4v) is 4.06. The predicted octanol–water partition coefficient (Wildman–Crippen LogP) is 2.85. The maximum atomic E-state index is 12.5. The number of benzene rings is 2. The Balaban J connectivity index is 0.00000208. The SMILES string of the molecule is COc1ccc(Cl)c(S(=O)(=O)NCc2ccc3c(c2)CNC3)c1.Cl. The number of hydrogen-bond donors (Lipinski definition) is 2. The fraction of sp³-hybridized carbons (Fsp3) is 0.250. The van der Waals surface area contributed by atoms with E-state index in [1.54, 1.807) is 6.07 Å². The van der Waals surface area contributed by atoms with Gasteiger partial charge in [-0.2, -0.15) is 0 Å². The summed E-state index contributed by atoms with van der Waals surface area (Å²) < 4.78 is 32.6. The summed E-state index contributed by atoms with van der Waals surface area (Å²) in [4.78, 5) is 0.0151. The summed E-state index contributed by atoms with van der Waals surface area (Å²) in [6.45, 7) is 1.89. The zero-order valence-corrected chi connectivity index (χ0v) is 15.4. The number of fused-ring (bicyclic) bond motifs is 1. The highest BCUT2D eigenvalue weighted by Crippen LogP contribution is 2.26. The van der Waals surface area contributed by atoms with Gasteiger partial charge in [0.15, 0.2) is 0 Å². The maximum absolute atomic E-state index is 12.5. The van der Waals surface area contributed by atoms with Crippen molar-refractivity contribution in [1.29, 1.82) is 0 Å². The molecular weight excluding hydrogens is 371 g/mol. The van der Waals surface area contributed by atoms with Crippen LogP contribution in [-0.2, 0) is 29.7 Å². The lowest BCUT2D eigenvalue weighted by Gasteiger charge is -2.10. The van der Waals surface area contributed by atoms with Crippen LogP contribution in [0.2, 0.25) is 5.02 Å². The smallest absolute Gasteiger partial charge is 0.242 e. The first kappa shape index (κ1) is 19.0. The number of hydrogen-bond acceptors (Lipinski definition) is 4. The van der Waals surface area contributed by atoms with Gasteiger partial charge < -0.3 is 10.1 Å². The van der Waals surface area contributed by atoms with Gasteiger partial charge in [0, 0.05) is 25.7 Å². The quantitative estimate of drug-likeness (QED) is 0.826. The topological polar surface area (TPSA) is 67.4 Å². The second kappa shape index (κ2) is 7.72. The van der Waals surface area contributed by atoms with Gasteiger partial charge in [0.25, 0.3) is 0 Å². The maximum Gasteiger partial charge on any atom is 0.242 e. The molecule has 8 heteroatoms. The summed E-state index contributed by atoms with van der Waals surface area (Å²) in [6, 6.07) is 10.5. The molecule has 1 heterocycles. The lowest BCUT2D eigenvalue weighted by atomic mass is 10.1. The Morgan fingerprint density at radius 1 is 1.17 bits per heavy atom. The minimum Gasteiger partial charge on any atom is -0.497 e. The molecule has 2 aromatic carbocycles. The van der Waals surface area contributed by atoms with Crippen LogP contribution in [0.15, 0.2) is 41.3 Å². The Morgan fingerprint density at radius 3 is 2.67 bits per heavy atom. The van der Waals surface area contributed by atoms with E-state index in [9.17, 15) is 8.42 Å². The van der Waals surface area contributed by atoms with Gasteiger partial charge in [-0.1, -0.05) is 29.8 Å². The molecule has 3 rings (SSSR count). The van der Waals surface area contributed by atoms with E-state index in [0.717, 1.165) is 18.7 Å². The van der Waals surface area contributed by atoms with E-state index in [1.165, 1.54) is 30.4 Å². The van der Waals surface area contributed by atoms with Gasteiger partial charge in [-0.3, -0.25) is 0 Å². The molecule has 1 aliphatic heterocycles. The lowest BCUT2D eigenvalue weighted by Crippen LogP contribution is -2.23. The van der Waals surface area contributed by atoms with Crippen LogP contribution in [0, 0.1) is 0 Å². The zero-order chi connectivity index (χ0) is 16.4. The van der Waals surface area contributed by atoms with Crippen molar-refractivity contribution in [1.82, 2.24) is 10.0 Å². The normalized spacial score (nSPS) is 13.2. The van der Waals surface area contributed by atoms with E-state index in [1.807, 2.05) is 18.2 Å². The van der Waals surface area contributed by atoms with E-state index in [2.05, 4.69) is 10.0 Å². The fourth-order valence-electron chi connectivity index (χ4n) is 2.53. The van der Waals surface area contributed by atoms with E-state index in [4.69, 9.17) is 16.3 Å². The molecule has 0 spiro atoms. The molecule has 0 atom stereocenters. The second-order valence-corrected chi connectivity index (χ2v) is 7.47. The monoisotopic (exact) mass is 388 g/mol. The highest BCUT2D eigenvalue weighted by molar-refractivity contribution is 7.89. The van der Waals surface area contributed by atoms with E-state index >= 15 is 0 Å². The lowest BCUT2D eigenvalue weighted by molar-refractivity contribution is 0.413. The van der Waals surface area contributed by atoms with Crippen LogP contribution in [-0.4, -0.2) is 15.5 Å². The van der Waals surface area contributed by atoms with Gasteiger partial charge in [-0.05, 0) is 28.8 Å². The van der Waals surface area contributed by atoms with E-state index < -0.39 is 10.0 Å². The van der Waals surface area contributed by atoms with Crippen molar-refractivity contribution in [3.63, 3.8) is 0 Å². The summed E-state index contributed by atoms with van der Waals surface area (Å²) in [5, 5.41) is 3.43. The molecule has 0 aliphatic carbocycles. The van der Waals surface area contributed by atoms with Gasteiger partial charge in [-0.25, -0.2) is 13.1 Å². The molecular formula is C16H18Cl2N2O3S. The van der Waals surface area contributed by atoms with Crippen molar-refractivity contribution in [3.05, 3.63) is 58.1 Å². The van der Waals surface area contributed by atoms with Gasteiger partial charge in [0.05, 0.1) is 12.1 Å². The number of nitrogens with one attached hydrogen (secondary N) is 2. The summed E-state index contributed by atoms with van der Waals surface area (Å²) in [6.07, 6.45) is 0. The third-order valence-corrected chi connectivity index (χ3v) is 5.68. The zero-order valence-electron chi connectivity index (χ0n) is 13.0. The standard InChI is InChI=1S/C16H17ClN2O3S.ClH/c1-22-14-4-5-15(17)16(7-14)23(20,21)19-8-11-2-3-12-9-18-10-13(12)6-11;/h2-7,18-19H,8-10H2,1H3;1H. The molecule has 0 saturated carbocycles. The van der Waals surface area contributed by atoms with E-state index in [-0.39, 0.29) is 28.9 Å². The average molecular weight is 389 g/mol. The van der Waals surface area contributed by atoms with Gasteiger partial charge in [-0.15, -0.1) is 12.4 Å². The van der Waals surface area contributed by atoms with Crippen molar-refractivity contribution in [2.24, 2.45) is 0 Å². The third kappa shape index (κ3) is 4.02. The Kier molecular flexibility index (Phi) is 6.11. The van der Waals surface area contributed by atoms with Gasteiger partial charge in [0.2, 0.25) is 10.0 Å². The first-order valence-corrected chi connectivity index (χ1v) is 9.00. The Hall–Kier alpha value is -1.31. The largest absolute Gasteiger partial charge is 0.497 e. The minimum absolute atomic E-state index is 0. The van der Waals surface area contributed by atoms with Crippen molar-refractivity contribution in [2.75, 3.05) is 7.11 Å². The Bertz CT molecular complexity index is 841. The highest BCUT2D eigenvalue weighted by Gasteiger charge is 2.19. The molecule has 0 radical (unpaired) electrons. The summed E-state index contributed by atoms with van der Waals surface area (Å²) in [5.41, 5.74) is 3.38. The molecule has 5 nitrogen and oxygen atoms in total. The second-order valence-electron chi connectivity index (χ2n) is 5.33. The summed E-state index contributed by atoms with van der Waals surface area (Å²) in [7, 11) is -2.24. The molecule has 0 saturated heterocycles. The van der Waals surface area contributed by atoms with Crippen LogP contribution in [0.25, 0.3) is 0 Å². The molecule has 2 N–H and O–H groups in total. The van der Waals surface area contributed by atoms with Crippen molar-refractivity contribution < 1.29 is 13.2 Å². The van der Waals surface area contributed by atoms with E-state index in [0.29, 0.717) is 5.75 Å². The number of ether oxygens (including phenoxy) is 1. The molecule has 0 unspecified atom stereocenters. The molecule has 2 aromatic rings. The summed E-state index contributed by atoms with van der Waals surface area (Å²) in [5.74, 6) is 0.443. The number of methoxy groups -OCH3 is 1.